The lowest BCUT2D eigenvalue weighted by atomic mass is 9.91. The molecule has 0 amide bonds. The van der Waals surface area contributed by atoms with Crippen LogP contribution in [0.15, 0.2) is 0 Å². The van der Waals surface area contributed by atoms with Crippen molar-refractivity contribution in [1.82, 2.24) is 5.32 Å². The molecule has 1 atom stereocenters. The quantitative estimate of drug-likeness (QED) is 0.316. The van der Waals surface area contributed by atoms with Gasteiger partial charge in [0.25, 0.3) is 0 Å². The van der Waals surface area contributed by atoms with Crippen molar-refractivity contribution in [3.8, 4) is 0 Å². The lowest BCUT2D eigenvalue weighted by Crippen LogP contribution is -2.75. The standard InChI is InChI=1S/C13H10F17NO4S/c1-2-3-31-4(5(32)33)36(34,35)13(29,30)11(24,25)9(20,21)7(16,17)6(14,15)8(18,19)10(22,23)12(26,27)28/h4,31H,2-3H2,1H3,(H,32,33). The number of carboxylic acids is 1. The molecule has 0 rings (SSSR count). The Kier molecular flexibility index (Phi) is 8.72. The lowest BCUT2D eigenvalue weighted by Gasteiger charge is -2.42. The van der Waals surface area contributed by atoms with Gasteiger partial charge in [-0.3, -0.25) is 5.32 Å². The first kappa shape index (κ1) is 34.2. The molecule has 0 radical (unpaired) electrons. The van der Waals surface area contributed by atoms with Gasteiger partial charge < -0.3 is 5.11 Å². The minimum Gasteiger partial charge on any atom is -0.479 e. The predicted octanol–water partition coefficient (Wildman–Crippen LogP) is 4.78. The second-order valence-electron chi connectivity index (χ2n) is 6.68. The van der Waals surface area contributed by atoms with E-state index in [9.17, 15) is 87.8 Å². The van der Waals surface area contributed by atoms with Crippen LogP contribution in [0.2, 0.25) is 0 Å². The molecule has 0 heterocycles. The molecule has 36 heavy (non-hydrogen) atoms. The van der Waals surface area contributed by atoms with Crippen LogP contribution in [0.5, 0.6) is 0 Å². The average molecular weight is 599 g/mol. The number of hydrogen-bond donors (Lipinski definition) is 2. The molecule has 0 aromatic rings. The van der Waals surface area contributed by atoms with Crippen molar-refractivity contribution in [2.24, 2.45) is 0 Å². The van der Waals surface area contributed by atoms with Crippen LogP contribution >= 0.6 is 0 Å². The third-order valence-corrected chi connectivity index (χ3v) is 6.12. The minimum absolute atomic E-state index is 0.399. The van der Waals surface area contributed by atoms with E-state index in [1.54, 1.807) is 0 Å². The highest BCUT2D eigenvalue weighted by Gasteiger charge is 2.96. The summed E-state index contributed by atoms with van der Waals surface area (Å²) in [5.41, 5.74) is 0. The van der Waals surface area contributed by atoms with Gasteiger partial charge in [-0.15, -0.1) is 0 Å². The topological polar surface area (TPSA) is 83.5 Å². The van der Waals surface area contributed by atoms with Gasteiger partial charge in [0.15, 0.2) is 0 Å². The van der Waals surface area contributed by atoms with E-state index < -0.39 is 81.1 Å². The smallest absolute Gasteiger partial charge is 0.460 e. The van der Waals surface area contributed by atoms with Crippen LogP contribution in [0.25, 0.3) is 0 Å². The fourth-order valence-electron chi connectivity index (χ4n) is 2.08. The van der Waals surface area contributed by atoms with Gasteiger partial charge in [-0.25, -0.2) is 13.2 Å². The van der Waals surface area contributed by atoms with Crippen molar-refractivity contribution in [3.63, 3.8) is 0 Å². The van der Waals surface area contributed by atoms with Crippen LogP contribution in [0, 0.1) is 0 Å². The van der Waals surface area contributed by atoms with E-state index in [2.05, 4.69) is 0 Å². The van der Waals surface area contributed by atoms with Crippen LogP contribution in [-0.2, 0) is 14.6 Å². The van der Waals surface area contributed by atoms with E-state index >= 15 is 0 Å². The zero-order valence-electron chi connectivity index (χ0n) is 16.5. The van der Waals surface area contributed by atoms with E-state index in [0.717, 1.165) is 12.2 Å². The molecule has 23 heteroatoms. The first-order valence-corrected chi connectivity index (χ1v) is 9.85. The van der Waals surface area contributed by atoms with Gasteiger partial charge in [0.05, 0.1) is 0 Å². The number of alkyl halides is 17. The van der Waals surface area contributed by atoms with E-state index in [0.29, 0.717) is 0 Å². The summed E-state index contributed by atoms with van der Waals surface area (Å²) in [5, 5.41) is -2.33. The maximum atomic E-state index is 13.9. The van der Waals surface area contributed by atoms with Gasteiger partial charge in [0.2, 0.25) is 15.2 Å². The average Bonchev–Trinajstić information content (AvgIpc) is 2.65. The van der Waals surface area contributed by atoms with Gasteiger partial charge in [-0.1, -0.05) is 6.92 Å². The number of hydrogen-bond acceptors (Lipinski definition) is 4. The summed E-state index contributed by atoms with van der Waals surface area (Å²) in [6.07, 6.45) is -8.33. The monoisotopic (exact) mass is 599 g/mol. The van der Waals surface area contributed by atoms with Crippen LogP contribution in [-0.4, -0.2) is 78.4 Å². The summed E-state index contributed by atoms with van der Waals surface area (Å²) in [4.78, 5) is 10.8. The summed E-state index contributed by atoms with van der Waals surface area (Å²) in [6.45, 7) is 0.0418. The normalized spacial score (nSPS) is 16.7. The number of rotatable bonds is 12. The summed E-state index contributed by atoms with van der Waals surface area (Å²) < 4.78 is 248. The molecule has 0 aromatic carbocycles. The third kappa shape index (κ3) is 4.42. The van der Waals surface area contributed by atoms with Crippen LogP contribution in [0.4, 0.5) is 74.6 Å². The summed E-state index contributed by atoms with van der Waals surface area (Å²) in [6, 6.07) is 0. The van der Waals surface area contributed by atoms with Gasteiger partial charge in [0, 0.05) is 0 Å². The summed E-state index contributed by atoms with van der Waals surface area (Å²) in [7, 11) is -7.77. The molecule has 0 aromatic heterocycles. The maximum Gasteiger partial charge on any atom is 0.460 e. The summed E-state index contributed by atoms with van der Waals surface area (Å²) in [5.74, 6) is -55.5. The molecule has 0 saturated carbocycles. The molecule has 0 bridgehead atoms. The number of aliphatic carboxylic acids is 1. The number of carbonyl (C=O) groups is 1. The Morgan fingerprint density at radius 1 is 0.667 bits per heavy atom. The summed E-state index contributed by atoms with van der Waals surface area (Å²) >= 11 is 0. The predicted molar refractivity (Wildman–Crippen MR) is 79.3 cm³/mol. The Morgan fingerprint density at radius 2 is 0.972 bits per heavy atom. The van der Waals surface area contributed by atoms with E-state index in [1.807, 2.05) is 0 Å². The lowest BCUT2D eigenvalue weighted by molar-refractivity contribution is -0.458. The molecule has 5 nitrogen and oxygen atoms in total. The molecule has 0 fully saturated rings. The molecular weight excluding hydrogens is 589 g/mol. The minimum atomic E-state index is -8.98. The Balaban J connectivity index is 7.08. The highest BCUT2D eigenvalue weighted by Crippen LogP contribution is 2.64. The fourth-order valence-corrected chi connectivity index (χ4v) is 3.47. The zero-order chi connectivity index (χ0) is 29.8. The van der Waals surface area contributed by atoms with Gasteiger partial charge in [-0.2, -0.15) is 74.6 Å². The molecule has 0 spiro atoms. The Hall–Kier alpha value is -1.81. The van der Waals surface area contributed by atoms with Crippen molar-refractivity contribution in [1.29, 1.82) is 0 Å². The second kappa shape index (κ2) is 9.19. The second-order valence-corrected chi connectivity index (χ2v) is 8.75. The number of sulfone groups is 1. The van der Waals surface area contributed by atoms with Crippen LogP contribution < -0.4 is 5.32 Å². The van der Waals surface area contributed by atoms with Crippen molar-refractivity contribution in [2.45, 2.75) is 65.7 Å². The highest BCUT2D eigenvalue weighted by molar-refractivity contribution is 7.93. The van der Waals surface area contributed by atoms with Gasteiger partial charge in [0.1, 0.15) is 0 Å². The van der Waals surface area contributed by atoms with Crippen LogP contribution in [0.3, 0.4) is 0 Å². The van der Waals surface area contributed by atoms with Crippen LogP contribution in [0.1, 0.15) is 13.3 Å². The Morgan fingerprint density at radius 3 is 1.25 bits per heavy atom. The van der Waals surface area contributed by atoms with Gasteiger partial charge >= 0.3 is 52.9 Å². The van der Waals surface area contributed by atoms with Crippen molar-refractivity contribution in [2.75, 3.05) is 6.54 Å². The molecule has 0 aliphatic carbocycles. The maximum absolute atomic E-state index is 13.9. The van der Waals surface area contributed by atoms with Crippen molar-refractivity contribution >= 4 is 15.8 Å². The Labute approximate surface area is 187 Å². The third-order valence-electron chi connectivity index (χ3n) is 4.16. The van der Waals surface area contributed by atoms with E-state index in [1.165, 1.54) is 0 Å². The van der Waals surface area contributed by atoms with Crippen molar-refractivity contribution < 1.29 is 93.0 Å². The van der Waals surface area contributed by atoms with Crippen molar-refractivity contribution in [3.05, 3.63) is 0 Å². The molecule has 216 valence electrons. The van der Waals surface area contributed by atoms with E-state index in [4.69, 9.17) is 5.11 Å². The molecule has 2 N–H and O–H groups in total. The van der Waals surface area contributed by atoms with E-state index in [-0.39, 0.29) is 0 Å². The highest BCUT2D eigenvalue weighted by atomic mass is 32.2. The largest absolute Gasteiger partial charge is 0.479 e. The SMILES string of the molecule is CCCNC(C(=O)O)S(=O)(=O)C(F)(F)C(F)(F)C(F)(F)C(F)(F)C(F)(F)C(F)(F)C(F)(F)C(F)(F)F. The first-order valence-electron chi connectivity index (χ1n) is 8.30. The number of carboxylic acid groups (broad SMARTS) is 1. The first-order chi connectivity index (χ1) is 15.4. The molecule has 1 unspecified atom stereocenters. The zero-order valence-corrected chi connectivity index (χ0v) is 17.3. The fraction of sp³-hybridized carbons (Fsp3) is 0.923. The molecule has 0 aliphatic rings. The molecular formula is C13H10F17NO4S. The Bertz CT molecular complexity index is 927. The number of nitrogens with one attached hydrogen (secondary N) is 1. The molecule has 0 saturated heterocycles. The van der Waals surface area contributed by atoms with Gasteiger partial charge in [-0.05, 0) is 13.0 Å². The number of halogens is 17. The molecule has 0 aliphatic heterocycles.